The average Bonchev–Trinajstić information content (AvgIpc) is 2.75. The van der Waals surface area contributed by atoms with Crippen LogP contribution in [0.25, 0.3) is 0 Å². The van der Waals surface area contributed by atoms with Gasteiger partial charge < -0.3 is 10.1 Å². The van der Waals surface area contributed by atoms with Gasteiger partial charge in [-0.3, -0.25) is 4.79 Å². The summed E-state index contributed by atoms with van der Waals surface area (Å²) in [5, 5.41) is 1.91. The molecule has 1 saturated heterocycles. The number of amides is 1. The fourth-order valence-corrected chi connectivity index (χ4v) is 4.82. The average molecular weight is 473 g/mol. The minimum absolute atomic E-state index is 0.0665. The summed E-state index contributed by atoms with van der Waals surface area (Å²) in [6.45, 7) is -0.0823. The van der Waals surface area contributed by atoms with Crippen LogP contribution >= 0.6 is 11.6 Å². The van der Waals surface area contributed by atoms with E-state index in [1.165, 1.54) is 16.4 Å². The van der Waals surface area contributed by atoms with Crippen LogP contribution in [-0.2, 0) is 19.6 Å². The predicted molar refractivity (Wildman–Crippen MR) is 109 cm³/mol. The standard InChI is InChI=1S/C20H19ClF2N2O5S/c21-15-8-7-13(31(28,29)25-9-2-1-3-10-25)11-14(15)20(27)30-12-18(26)24-19-16(22)5-4-6-17(19)23/h4-8,11H,1-3,9-10,12H2,(H,24,26). The number of benzene rings is 2. The van der Waals surface area contributed by atoms with Gasteiger partial charge in [-0.15, -0.1) is 0 Å². The van der Waals surface area contributed by atoms with E-state index < -0.39 is 45.8 Å². The highest BCUT2D eigenvalue weighted by Gasteiger charge is 2.27. The van der Waals surface area contributed by atoms with Crippen LogP contribution in [0, 0.1) is 11.6 Å². The molecule has 1 N–H and O–H groups in total. The summed E-state index contributed by atoms with van der Waals surface area (Å²) < 4.78 is 59.0. The van der Waals surface area contributed by atoms with Gasteiger partial charge in [-0.05, 0) is 43.2 Å². The minimum Gasteiger partial charge on any atom is -0.452 e. The van der Waals surface area contributed by atoms with Gasteiger partial charge >= 0.3 is 5.97 Å². The summed E-state index contributed by atoms with van der Waals surface area (Å²) in [6.07, 6.45) is 2.45. The lowest BCUT2D eigenvalue weighted by Crippen LogP contribution is -2.35. The van der Waals surface area contributed by atoms with Crippen molar-refractivity contribution in [3.63, 3.8) is 0 Å². The molecule has 0 spiro atoms. The molecule has 166 valence electrons. The Morgan fingerprint density at radius 2 is 1.71 bits per heavy atom. The summed E-state index contributed by atoms with van der Waals surface area (Å²) in [4.78, 5) is 24.2. The first-order valence-corrected chi connectivity index (χ1v) is 11.2. The van der Waals surface area contributed by atoms with E-state index in [0.717, 1.165) is 43.5 Å². The number of halogens is 3. The molecule has 3 rings (SSSR count). The Bertz CT molecular complexity index is 1080. The van der Waals surface area contributed by atoms with E-state index in [2.05, 4.69) is 0 Å². The van der Waals surface area contributed by atoms with Crippen molar-refractivity contribution in [3.05, 3.63) is 58.6 Å². The summed E-state index contributed by atoms with van der Waals surface area (Å²) in [7, 11) is -3.81. The SMILES string of the molecule is O=C(COC(=O)c1cc(S(=O)(=O)N2CCCCC2)ccc1Cl)Nc1c(F)cccc1F. The number of carbonyl (C=O) groups is 2. The van der Waals surface area contributed by atoms with Crippen LogP contribution in [0.1, 0.15) is 29.6 Å². The Morgan fingerprint density at radius 3 is 2.35 bits per heavy atom. The van der Waals surface area contributed by atoms with Crippen LogP contribution < -0.4 is 5.32 Å². The van der Waals surface area contributed by atoms with Crippen molar-refractivity contribution in [1.82, 2.24) is 4.31 Å². The molecule has 2 aromatic rings. The second-order valence-electron chi connectivity index (χ2n) is 6.83. The Labute approximate surface area is 183 Å². The first kappa shape index (κ1) is 23.1. The fourth-order valence-electron chi connectivity index (χ4n) is 3.08. The number of piperidine rings is 1. The number of anilines is 1. The summed E-state index contributed by atoms with van der Waals surface area (Å²) in [6, 6.07) is 6.67. The minimum atomic E-state index is -3.81. The quantitative estimate of drug-likeness (QED) is 0.648. The molecule has 0 aromatic heterocycles. The Morgan fingerprint density at radius 1 is 1.06 bits per heavy atom. The highest BCUT2D eigenvalue weighted by atomic mass is 35.5. The maximum atomic E-state index is 13.6. The molecular formula is C20H19ClF2N2O5S. The van der Waals surface area contributed by atoms with Crippen molar-refractivity contribution in [2.75, 3.05) is 25.0 Å². The lowest BCUT2D eigenvalue weighted by atomic mass is 10.2. The van der Waals surface area contributed by atoms with Crippen molar-refractivity contribution in [1.29, 1.82) is 0 Å². The van der Waals surface area contributed by atoms with Crippen LogP contribution in [0.4, 0.5) is 14.5 Å². The van der Waals surface area contributed by atoms with Crippen molar-refractivity contribution in [2.45, 2.75) is 24.2 Å². The van der Waals surface area contributed by atoms with Gasteiger partial charge in [0.15, 0.2) is 6.61 Å². The Hall–Kier alpha value is -2.56. The van der Waals surface area contributed by atoms with Gasteiger partial charge in [0.1, 0.15) is 17.3 Å². The monoisotopic (exact) mass is 472 g/mol. The first-order chi connectivity index (χ1) is 14.7. The first-order valence-electron chi connectivity index (χ1n) is 9.41. The molecule has 0 saturated carbocycles. The van der Waals surface area contributed by atoms with Gasteiger partial charge in [0, 0.05) is 13.1 Å². The lowest BCUT2D eigenvalue weighted by Gasteiger charge is -2.26. The molecule has 11 heteroatoms. The molecule has 0 bridgehead atoms. The van der Waals surface area contributed by atoms with Gasteiger partial charge in [0.25, 0.3) is 5.91 Å². The molecular weight excluding hydrogens is 454 g/mol. The number of para-hydroxylation sites is 1. The molecule has 1 fully saturated rings. The number of rotatable bonds is 6. The molecule has 1 aliphatic rings. The fraction of sp³-hybridized carbons (Fsp3) is 0.300. The zero-order chi connectivity index (χ0) is 22.6. The number of carbonyl (C=O) groups excluding carboxylic acids is 2. The molecule has 0 unspecified atom stereocenters. The highest BCUT2D eigenvalue weighted by molar-refractivity contribution is 7.89. The molecule has 2 aromatic carbocycles. The van der Waals surface area contributed by atoms with E-state index in [4.69, 9.17) is 16.3 Å². The predicted octanol–water partition coefficient (Wildman–Crippen LogP) is 3.59. The third-order valence-corrected chi connectivity index (χ3v) is 6.90. The van der Waals surface area contributed by atoms with Crippen LogP contribution in [-0.4, -0.2) is 44.3 Å². The highest BCUT2D eigenvalue weighted by Crippen LogP contribution is 2.25. The number of nitrogens with one attached hydrogen (secondary N) is 1. The van der Waals surface area contributed by atoms with Gasteiger partial charge in [-0.2, -0.15) is 4.31 Å². The number of sulfonamides is 1. The van der Waals surface area contributed by atoms with Gasteiger partial charge in [-0.25, -0.2) is 22.0 Å². The van der Waals surface area contributed by atoms with E-state index in [1.807, 2.05) is 5.32 Å². The molecule has 0 atom stereocenters. The molecule has 31 heavy (non-hydrogen) atoms. The van der Waals surface area contributed by atoms with E-state index in [9.17, 15) is 26.8 Å². The zero-order valence-corrected chi connectivity index (χ0v) is 17.8. The molecule has 1 heterocycles. The van der Waals surface area contributed by atoms with Crippen molar-refractivity contribution >= 4 is 39.2 Å². The number of ether oxygens (including phenoxy) is 1. The van der Waals surface area contributed by atoms with Gasteiger partial charge in [0.2, 0.25) is 10.0 Å². The normalized spacial score (nSPS) is 14.8. The van der Waals surface area contributed by atoms with Crippen molar-refractivity contribution in [3.8, 4) is 0 Å². The van der Waals surface area contributed by atoms with Crippen LogP contribution in [0.2, 0.25) is 5.02 Å². The maximum absolute atomic E-state index is 13.6. The van der Waals surface area contributed by atoms with Crippen molar-refractivity contribution in [2.24, 2.45) is 0 Å². The zero-order valence-electron chi connectivity index (χ0n) is 16.2. The van der Waals surface area contributed by atoms with Crippen LogP contribution in [0.5, 0.6) is 0 Å². The number of hydrogen-bond acceptors (Lipinski definition) is 5. The summed E-state index contributed by atoms with van der Waals surface area (Å²) >= 11 is 6.00. The maximum Gasteiger partial charge on any atom is 0.340 e. The van der Waals surface area contributed by atoms with Crippen molar-refractivity contribution < 1.29 is 31.5 Å². The molecule has 1 aliphatic heterocycles. The molecule has 0 aliphatic carbocycles. The lowest BCUT2D eigenvalue weighted by molar-refractivity contribution is -0.119. The largest absolute Gasteiger partial charge is 0.452 e. The van der Waals surface area contributed by atoms with Gasteiger partial charge in [0.05, 0.1) is 15.5 Å². The van der Waals surface area contributed by atoms with E-state index >= 15 is 0 Å². The third kappa shape index (κ3) is 5.38. The third-order valence-electron chi connectivity index (χ3n) is 4.67. The Balaban J connectivity index is 1.70. The summed E-state index contributed by atoms with van der Waals surface area (Å²) in [5.41, 5.74) is -0.916. The molecule has 1 amide bonds. The van der Waals surface area contributed by atoms with Crippen LogP contribution in [0.3, 0.4) is 0 Å². The van der Waals surface area contributed by atoms with Crippen LogP contribution in [0.15, 0.2) is 41.3 Å². The summed E-state index contributed by atoms with van der Waals surface area (Å²) in [5.74, 6) is -4.01. The smallest absolute Gasteiger partial charge is 0.340 e. The topological polar surface area (TPSA) is 92.8 Å². The number of hydrogen-bond donors (Lipinski definition) is 1. The second kappa shape index (κ2) is 9.71. The number of nitrogens with zero attached hydrogens (tertiary/aromatic N) is 1. The molecule has 7 nitrogen and oxygen atoms in total. The van der Waals surface area contributed by atoms with E-state index in [1.54, 1.807) is 0 Å². The van der Waals surface area contributed by atoms with Gasteiger partial charge in [-0.1, -0.05) is 24.1 Å². The number of esters is 1. The second-order valence-corrected chi connectivity index (χ2v) is 9.17. The van der Waals surface area contributed by atoms with E-state index in [-0.39, 0.29) is 15.5 Å². The van der Waals surface area contributed by atoms with E-state index in [0.29, 0.717) is 13.1 Å². The Kier molecular flexibility index (Phi) is 7.24. The molecule has 0 radical (unpaired) electrons.